The van der Waals surface area contributed by atoms with Crippen molar-refractivity contribution in [2.24, 2.45) is 0 Å². The number of nitrogens with zero attached hydrogens (tertiary/aromatic N) is 2. The van der Waals surface area contributed by atoms with Gasteiger partial charge in [0.2, 0.25) is 10.0 Å². The van der Waals surface area contributed by atoms with Crippen molar-refractivity contribution in [1.82, 2.24) is 14.6 Å². The average molecular weight is 385 g/mol. The largest absolute Gasteiger partial charge is 0.349 e. The van der Waals surface area contributed by atoms with Crippen molar-refractivity contribution in [3.63, 3.8) is 0 Å². The Kier molecular flexibility index (Phi) is 4.74. The highest BCUT2D eigenvalue weighted by Crippen LogP contribution is 2.39. The maximum Gasteiger partial charge on any atom is 0.251 e. The third kappa shape index (κ3) is 3.49. The van der Waals surface area contributed by atoms with Crippen molar-refractivity contribution in [2.75, 3.05) is 0 Å². The first-order chi connectivity index (χ1) is 12.9. The first-order valence-corrected chi connectivity index (χ1v) is 10.7. The van der Waals surface area contributed by atoms with E-state index in [0.717, 1.165) is 18.4 Å². The van der Waals surface area contributed by atoms with Gasteiger partial charge in [-0.05, 0) is 56.9 Å². The second-order valence-electron chi connectivity index (χ2n) is 7.41. The smallest absolute Gasteiger partial charge is 0.251 e. The summed E-state index contributed by atoms with van der Waals surface area (Å²) in [5.74, 6) is -0.128. The normalized spacial score (nSPS) is 25.3. The molecule has 6 nitrogen and oxygen atoms in total. The van der Waals surface area contributed by atoms with Crippen molar-refractivity contribution in [3.8, 4) is 0 Å². The van der Waals surface area contributed by atoms with Crippen LogP contribution >= 0.6 is 0 Å². The second kappa shape index (κ2) is 7.05. The van der Waals surface area contributed by atoms with Crippen LogP contribution in [0.1, 0.15) is 41.6 Å². The van der Waals surface area contributed by atoms with Crippen LogP contribution in [0.15, 0.2) is 53.7 Å². The fraction of sp³-hybridized carbons (Fsp3) is 0.400. The molecule has 1 aromatic heterocycles. The molecular formula is C20H23N3O3S. The van der Waals surface area contributed by atoms with Gasteiger partial charge in [-0.15, -0.1) is 0 Å². The molecule has 1 aromatic carbocycles. The number of hydrogen-bond acceptors (Lipinski definition) is 4. The Labute approximate surface area is 159 Å². The Morgan fingerprint density at radius 3 is 2.22 bits per heavy atom. The summed E-state index contributed by atoms with van der Waals surface area (Å²) in [5.41, 5.74) is 1.61. The van der Waals surface area contributed by atoms with E-state index in [1.54, 1.807) is 41.0 Å². The van der Waals surface area contributed by atoms with Gasteiger partial charge in [0, 0.05) is 36.1 Å². The van der Waals surface area contributed by atoms with Crippen molar-refractivity contribution < 1.29 is 13.2 Å². The van der Waals surface area contributed by atoms with Crippen LogP contribution in [0.3, 0.4) is 0 Å². The van der Waals surface area contributed by atoms with E-state index < -0.39 is 10.0 Å². The highest BCUT2D eigenvalue weighted by molar-refractivity contribution is 7.89. The monoisotopic (exact) mass is 385 g/mol. The second-order valence-corrected chi connectivity index (χ2v) is 9.25. The summed E-state index contributed by atoms with van der Waals surface area (Å²) in [6.07, 6.45) is 6.18. The molecule has 1 N–H and O–H groups in total. The van der Waals surface area contributed by atoms with Gasteiger partial charge in [-0.2, -0.15) is 4.31 Å². The lowest BCUT2D eigenvalue weighted by molar-refractivity contribution is 0.0909. The van der Waals surface area contributed by atoms with Gasteiger partial charge in [0.1, 0.15) is 0 Å². The molecule has 0 saturated carbocycles. The van der Waals surface area contributed by atoms with Crippen LogP contribution in [0.5, 0.6) is 0 Å². The number of pyridine rings is 1. The number of benzene rings is 1. The molecule has 1 unspecified atom stereocenters. The molecule has 0 aliphatic carbocycles. The van der Waals surface area contributed by atoms with Crippen LogP contribution in [-0.4, -0.2) is 41.7 Å². The van der Waals surface area contributed by atoms with Gasteiger partial charge in [-0.1, -0.05) is 17.7 Å². The predicted molar refractivity (Wildman–Crippen MR) is 102 cm³/mol. The minimum atomic E-state index is -3.51. The number of amides is 1. The zero-order chi connectivity index (χ0) is 19.0. The van der Waals surface area contributed by atoms with Crippen LogP contribution in [0.25, 0.3) is 0 Å². The molecular weight excluding hydrogens is 362 g/mol. The Bertz CT molecular complexity index is 915. The van der Waals surface area contributed by atoms with E-state index in [9.17, 15) is 13.2 Å². The fourth-order valence-corrected chi connectivity index (χ4v) is 6.14. The van der Waals surface area contributed by atoms with E-state index in [1.165, 1.54) is 0 Å². The molecule has 0 spiro atoms. The molecule has 0 radical (unpaired) electrons. The van der Waals surface area contributed by atoms with Gasteiger partial charge in [0.15, 0.2) is 0 Å². The standard InChI is InChI=1S/C20H23N3O3S/c1-14-2-6-19(7-3-14)27(25,26)23-17-4-5-18(23)13-16(12-17)22-20(24)15-8-10-21-11-9-15/h2-3,6-11,16-18H,4-5,12-13H2,1H3,(H,22,24)/t16?,17-,18+. The molecule has 2 aliphatic rings. The zero-order valence-corrected chi connectivity index (χ0v) is 16.0. The summed E-state index contributed by atoms with van der Waals surface area (Å²) < 4.78 is 28.0. The van der Waals surface area contributed by atoms with Gasteiger partial charge in [-0.3, -0.25) is 9.78 Å². The highest BCUT2D eigenvalue weighted by Gasteiger charge is 2.47. The van der Waals surface area contributed by atoms with E-state index in [1.807, 2.05) is 19.1 Å². The van der Waals surface area contributed by atoms with Gasteiger partial charge in [-0.25, -0.2) is 8.42 Å². The summed E-state index contributed by atoms with van der Waals surface area (Å²) in [7, 11) is -3.51. The Morgan fingerprint density at radius 1 is 1.04 bits per heavy atom. The molecule has 2 aliphatic heterocycles. The lowest BCUT2D eigenvalue weighted by Crippen LogP contribution is -2.52. The van der Waals surface area contributed by atoms with Crippen molar-refractivity contribution in [1.29, 1.82) is 0 Å². The molecule has 7 heteroatoms. The molecule has 4 rings (SSSR count). The number of aryl methyl sites for hydroxylation is 1. The molecule has 2 saturated heterocycles. The Hall–Kier alpha value is -2.25. The molecule has 2 fully saturated rings. The van der Waals surface area contributed by atoms with Crippen LogP contribution < -0.4 is 5.32 Å². The number of fused-ring (bicyclic) bond motifs is 2. The third-order valence-corrected chi connectivity index (χ3v) is 7.56. The number of piperidine rings is 1. The lowest BCUT2D eigenvalue weighted by atomic mass is 9.99. The highest BCUT2D eigenvalue weighted by atomic mass is 32.2. The van der Waals surface area contributed by atoms with Crippen LogP contribution in [-0.2, 0) is 10.0 Å². The molecule has 2 bridgehead atoms. The number of nitrogens with one attached hydrogen (secondary N) is 1. The summed E-state index contributed by atoms with van der Waals surface area (Å²) in [6, 6.07) is 10.3. The number of carbonyl (C=O) groups excluding carboxylic acids is 1. The first kappa shape index (κ1) is 18.1. The third-order valence-electron chi connectivity index (χ3n) is 5.54. The van der Waals surface area contributed by atoms with Crippen molar-refractivity contribution in [2.45, 2.75) is 55.6 Å². The number of hydrogen-bond donors (Lipinski definition) is 1. The Morgan fingerprint density at radius 2 is 1.63 bits per heavy atom. The van der Waals surface area contributed by atoms with Gasteiger partial charge in [0.25, 0.3) is 5.91 Å². The lowest BCUT2D eigenvalue weighted by Gasteiger charge is -2.38. The van der Waals surface area contributed by atoms with Crippen LogP contribution in [0.4, 0.5) is 0 Å². The van der Waals surface area contributed by atoms with Crippen molar-refractivity contribution in [3.05, 3.63) is 59.9 Å². The zero-order valence-electron chi connectivity index (χ0n) is 15.2. The van der Waals surface area contributed by atoms with Crippen LogP contribution in [0, 0.1) is 6.92 Å². The average Bonchev–Trinajstić information content (AvgIpc) is 2.95. The van der Waals surface area contributed by atoms with E-state index in [4.69, 9.17) is 0 Å². The van der Waals surface area contributed by atoms with Crippen molar-refractivity contribution >= 4 is 15.9 Å². The SMILES string of the molecule is Cc1ccc(S(=O)(=O)N2[C@@H]3CC[C@H]2CC(NC(=O)c2ccncc2)C3)cc1. The molecule has 3 heterocycles. The summed E-state index contributed by atoms with van der Waals surface area (Å²) in [6.45, 7) is 1.94. The first-order valence-electron chi connectivity index (χ1n) is 9.26. The molecule has 2 aromatic rings. The molecule has 1 amide bonds. The predicted octanol–water partition coefficient (Wildman–Crippen LogP) is 2.50. The number of carbonyl (C=O) groups is 1. The maximum atomic E-state index is 13.1. The van der Waals surface area contributed by atoms with Crippen LogP contribution in [0.2, 0.25) is 0 Å². The van der Waals surface area contributed by atoms with E-state index in [-0.39, 0.29) is 24.0 Å². The van der Waals surface area contributed by atoms with E-state index in [0.29, 0.717) is 23.3 Å². The molecule has 27 heavy (non-hydrogen) atoms. The summed E-state index contributed by atoms with van der Waals surface area (Å²) in [5, 5.41) is 3.07. The number of aromatic nitrogens is 1. The number of sulfonamides is 1. The minimum absolute atomic E-state index is 0.00682. The molecule has 3 atom stereocenters. The van der Waals surface area contributed by atoms with Gasteiger partial charge in [0.05, 0.1) is 4.90 Å². The maximum absolute atomic E-state index is 13.1. The molecule has 142 valence electrons. The van der Waals surface area contributed by atoms with Gasteiger partial charge < -0.3 is 5.32 Å². The van der Waals surface area contributed by atoms with Gasteiger partial charge >= 0.3 is 0 Å². The summed E-state index contributed by atoms with van der Waals surface area (Å²) in [4.78, 5) is 16.7. The Balaban J connectivity index is 1.49. The van der Waals surface area contributed by atoms with E-state index in [2.05, 4.69) is 10.3 Å². The number of rotatable bonds is 4. The fourth-order valence-electron chi connectivity index (χ4n) is 4.25. The van der Waals surface area contributed by atoms with E-state index >= 15 is 0 Å². The topological polar surface area (TPSA) is 79.4 Å². The quantitative estimate of drug-likeness (QED) is 0.877. The minimum Gasteiger partial charge on any atom is -0.349 e. The summed E-state index contributed by atoms with van der Waals surface area (Å²) >= 11 is 0.